The van der Waals surface area contributed by atoms with Crippen molar-refractivity contribution in [2.75, 3.05) is 31.7 Å². The molecule has 0 bridgehead atoms. The molecule has 0 saturated carbocycles. The molecule has 0 aliphatic carbocycles. The Hall–Kier alpha value is -2.57. The van der Waals surface area contributed by atoms with E-state index in [2.05, 4.69) is 4.74 Å². The molecule has 0 fully saturated rings. The molecule has 0 unspecified atom stereocenters. The summed E-state index contributed by atoms with van der Waals surface area (Å²) in [5.41, 5.74) is 1.70. The lowest BCUT2D eigenvalue weighted by molar-refractivity contribution is -0.143. The van der Waals surface area contributed by atoms with E-state index in [1.807, 2.05) is 11.8 Å². The molecule has 0 aliphatic heterocycles. The van der Waals surface area contributed by atoms with Crippen LogP contribution >= 0.6 is 0 Å². The molecule has 23 heavy (non-hydrogen) atoms. The summed E-state index contributed by atoms with van der Waals surface area (Å²) < 4.78 is 9.81. The molecule has 7 nitrogen and oxygen atoms in total. The lowest BCUT2D eigenvalue weighted by Gasteiger charge is -2.25. The molecule has 0 aromatic heterocycles. The van der Waals surface area contributed by atoms with Crippen LogP contribution in [0, 0.1) is 6.92 Å². The van der Waals surface area contributed by atoms with Gasteiger partial charge in [-0.25, -0.2) is 4.79 Å². The van der Waals surface area contributed by atoms with Crippen LogP contribution in [0.4, 0.5) is 5.69 Å². The number of carbonyl (C=O) groups is 3. The highest BCUT2D eigenvalue weighted by Crippen LogP contribution is 2.25. The number of methoxy groups -OCH3 is 1. The first kappa shape index (κ1) is 18.5. The van der Waals surface area contributed by atoms with Crippen molar-refractivity contribution in [2.45, 2.75) is 19.8 Å². The normalized spacial score (nSPS) is 10.0. The van der Waals surface area contributed by atoms with Gasteiger partial charge >= 0.3 is 11.9 Å². The molecule has 0 saturated heterocycles. The van der Waals surface area contributed by atoms with Crippen LogP contribution < -0.4 is 9.64 Å². The molecule has 1 rings (SSSR count). The summed E-state index contributed by atoms with van der Waals surface area (Å²) in [6.45, 7) is 2.44. The lowest BCUT2D eigenvalue weighted by Crippen LogP contribution is -2.28. The highest BCUT2D eigenvalue weighted by atomic mass is 16.6. The molecular formula is C16H21NO6. The van der Waals surface area contributed by atoms with Crippen LogP contribution in [0.25, 0.3) is 0 Å². The predicted octanol–water partition coefficient (Wildman–Crippen LogP) is 1.42. The number of carboxylic acid groups (broad SMARTS) is 1. The topological polar surface area (TPSA) is 93.1 Å². The second-order valence-electron chi connectivity index (χ2n) is 4.90. The van der Waals surface area contributed by atoms with E-state index >= 15 is 0 Å². The minimum absolute atomic E-state index is 0.0150. The van der Waals surface area contributed by atoms with Crippen LogP contribution in [0.3, 0.4) is 0 Å². The van der Waals surface area contributed by atoms with E-state index in [1.54, 1.807) is 18.2 Å². The number of benzene rings is 1. The van der Waals surface area contributed by atoms with Gasteiger partial charge in [0.15, 0.2) is 6.61 Å². The van der Waals surface area contributed by atoms with Gasteiger partial charge in [0, 0.05) is 25.2 Å². The van der Waals surface area contributed by atoms with E-state index < -0.39 is 11.9 Å². The zero-order valence-corrected chi connectivity index (χ0v) is 13.3. The number of aldehydes is 1. The van der Waals surface area contributed by atoms with Crippen LogP contribution in [0.15, 0.2) is 18.2 Å². The number of aliphatic carboxylic acids is 1. The molecular weight excluding hydrogens is 302 g/mol. The fraction of sp³-hybridized carbons (Fsp3) is 0.438. The monoisotopic (exact) mass is 323 g/mol. The van der Waals surface area contributed by atoms with Gasteiger partial charge in [0.25, 0.3) is 0 Å². The first-order chi connectivity index (χ1) is 11.0. The molecule has 1 aromatic rings. The first-order valence-electron chi connectivity index (χ1n) is 7.18. The summed E-state index contributed by atoms with van der Waals surface area (Å²) in [5, 5.41) is 8.83. The molecule has 0 spiro atoms. The standard InChI is InChI=1S/C16H21NO6/c1-12-10-13(23-11-16(21)22-2)4-5-14(12)17(7-3-9-18)8-6-15(19)20/h4-5,9-10H,3,6-8,11H2,1-2H3,(H,19,20). The maximum Gasteiger partial charge on any atom is 0.343 e. The Labute approximate surface area is 134 Å². The SMILES string of the molecule is COC(=O)COc1ccc(N(CCC=O)CCC(=O)O)c(C)c1. The van der Waals surface area contributed by atoms with E-state index in [-0.39, 0.29) is 13.0 Å². The number of esters is 1. The summed E-state index contributed by atoms with van der Waals surface area (Å²) in [6, 6.07) is 5.24. The number of aryl methyl sites for hydroxylation is 1. The lowest BCUT2D eigenvalue weighted by atomic mass is 10.1. The largest absolute Gasteiger partial charge is 0.482 e. The average Bonchev–Trinajstić information content (AvgIpc) is 2.53. The number of carboxylic acids is 1. The zero-order chi connectivity index (χ0) is 17.2. The smallest absolute Gasteiger partial charge is 0.343 e. The number of ether oxygens (including phenoxy) is 2. The van der Waals surface area contributed by atoms with E-state index in [0.717, 1.165) is 17.5 Å². The molecule has 0 amide bonds. The fourth-order valence-corrected chi connectivity index (χ4v) is 2.07. The summed E-state index contributed by atoms with van der Waals surface area (Å²) in [5.74, 6) is -0.845. The first-order valence-corrected chi connectivity index (χ1v) is 7.18. The predicted molar refractivity (Wildman–Crippen MR) is 83.8 cm³/mol. The zero-order valence-electron chi connectivity index (χ0n) is 13.3. The quantitative estimate of drug-likeness (QED) is 0.514. The summed E-state index contributed by atoms with van der Waals surface area (Å²) in [6.07, 6.45) is 1.11. The Kier molecular flexibility index (Phi) is 7.59. The minimum Gasteiger partial charge on any atom is -0.482 e. The number of hydrogen-bond donors (Lipinski definition) is 1. The van der Waals surface area contributed by atoms with Crippen LogP contribution in [0.5, 0.6) is 5.75 Å². The van der Waals surface area contributed by atoms with Gasteiger partial charge in [-0.2, -0.15) is 0 Å². The highest BCUT2D eigenvalue weighted by molar-refractivity contribution is 5.71. The maximum absolute atomic E-state index is 11.1. The van der Waals surface area contributed by atoms with E-state index in [0.29, 0.717) is 25.3 Å². The summed E-state index contributed by atoms with van der Waals surface area (Å²) in [4.78, 5) is 34.3. The fourth-order valence-electron chi connectivity index (χ4n) is 2.07. The summed E-state index contributed by atoms with van der Waals surface area (Å²) >= 11 is 0. The van der Waals surface area contributed by atoms with Gasteiger partial charge in [-0.15, -0.1) is 0 Å². The number of rotatable bonds is 10. The molecule has 1 aromatic carbocycles. The van der Waals surface area contributed by atoms with Crippen molar-refractivity contribution in [2.24, 2.45) is 0 Å². The Morgan fingerprint density at radius 2 is 2.04 bits per heavy atom. The van der Waals surface area contributed by atoms with Crippen molar-refractivity contribution in [3.63, 3.8) is 0 Å². The third kappa shape index (κ3) is 6.37. The van der Waals surface area contributed by atoms with Gasteiger partial charge in [-0.1, -0.05) is 0 Å². The third-order valence-corrected chi connectivity index (χ3v) is 3.21. The van der Waals surface area contributed by atoms with E-state index in [4.69, 9.17) is 9.84 Å². The van der Waals surface area contributed by atoms with Gasteiger partial charge in [-0.05, 0) is 30.7 Å². The van der Waals surface area contributed by atoms with Crippen LogP contribution in [-0.4, -0.2) is 50.1 Å². The van der Waals surface area contributed by atoms with Crippen molar-refractivity contribution in [1.82, 2.24) is 0 Å². The van der Waals surface area contributed by atoms with Crippen molar-refractivity contribution in [3.05, 3.63) is 23.8 Å². The van der Waals surface area contributed by atoms with Crippen LogP contribution in [0.2, 0.25) is 0 Å². The number of nitrogens with zero attached hydrogens (tertiary/aromatic N) is 1. The van der Waals surface area contributed by atoms with Gasteiger partial charge in [-0.3, -0.25) is 4.79 Å². The molecule has 1 N–H and O–H groups in total. The van der Waals surface area contributed by atoms with E-state index in [1.165, 1.54) is 7.11 Å². The van der Waals surface area contributed by atoms with Crippen LogP contribution in [-0.2, 0) is 19.1 Å². The molecule has 0 radical (unpaired) electrons. The van der Waals surface area contributed by atoms with Gasteiger partial charge in [0.05, 0.1) is 13.5 Å². The van der Waals surface area contributed by atoms with Crippen molar-refractivity contribution >= 4 is 23.9 Å². The number of anilines is 1. The maximum atomic E-state index is 11.1. The Morgan fingerprint density at radius 3 is 2.61 bits per heavy atom. The molecule has 7 heteroatoms. The third-order valence-electron chi connectivity index (χ3n) is 3.21. The van der Waals surface area contributed by atoms with Gasteiger partial charge in [0.2, 0.25) is 0 Å². The Balaban J connectivity index is 2.83. The van der Waals surface area contributed by atoms with Gasteiger partial charge in [0.1, 0.15) is 12.0 Å². The van der Waals surface area contributed by atoms with E-state index in [9.17, 15) is 14.4 Å². The molecule has 0 atom stereocenters. The average molecular weight is 323 g/mol. The Bertz CT molecular complexity index is 558. The van der Waals surface area contributed by atoms with Crippen molar-refractivity contribution in [3.8, 4) is 5.75 Å². The molecule has 0 aliphatic rings. The van der Waals surface area contributed by atoms with Crippen LogP contribution in [0.1, 0.15) is 18.4 Å². The molecule has 126 valence electrons. The van der Waals surface area contributed by atoms with Crippen molar-refractivity contribution in [1.29, 1.82) is 0 Å². The molecule has 0 heterocycles. The number of hydrogen-bond acceptors (Lipinski definition) is 6. The number of carbonyl (C=O) groups excluding carboxylic acids is 2. The Morgan fingerprint density at radius 1 is 1.30 bits per heavy atom. The van der Waals surface area contributed by atoms with Crippen molar-refractivity contribution < 1.29 is 29.0 Å². The summed E-state index contributed by atoms with van der Waals surface area (Å²) in [7, 11) is 1.29. The highest BCUT2D eigenvalue weighted by Gasteiger charge is 2.12. The second kappa shape index (κ2) is 9.45. The minimum atomic E-state index is -0.892. The second-order valence-corrected chi connectivity index (χ2v) is 4.90. The van der Waals surface area contributed by atoms with Gasteiger partial charge < -0.3 is 24.3 Å².